The van der Waals surface area contributed by atoms with Crippen molar-refractivity contribution in [2.45, 2.75) is 19.7 Å². The molecule has 2 aromatic rings. The van der Waals surface area contributed by atoms with E-state index in [1.807, 2.05) is 0 Å². The van der Waals surface area contributed by atoms with Crippen molar-refractivity contribution in [1.82, 2.24) is 0 Å². The number of hydrogen-bond donors (Lipinski definition) is 0. The summed E-state index contributed by atoms with van der Waals surface area (Å²) in [7, 11) is 6.28. The summed E-state index contributed by atoms with van der Waals surface area (Å²) in [6.45, 7) is 4.28. The zero-order valence-corrected chi connectivity index (χ0v) is 9.62. The average Bonchev–Trinajstić information content (AvgIpc) is 2.54. The number of hydrogen-bond acceptors (Lipinski definition) is 0. The van der Waals surface area contributed by atoms with Crippen molar-refractivity contribution < 1.29 is 0 Å². The highest BCUT2D eigenvalue weighted by molar-refractivity contribution is 6.17. The summed E-state index contributed by atoms with van der Waals surface area (Å²) in [6.07, 6.45) is 0. The standard InChI is InChI=1S/C15H13B/c1-9-6-7-11-13(8-9)14-10(2)4-3-5-12(14)15(11)16/h3-8,15H,1-2H3. The van der Waals surface area contributed by atoms with Gasteiger partial charge in [0.25, 0.3) is 0 Å². The molecule has 0 bridgehead atoms. The summed E-state index contributed by atoms with van der Waals surface area (Å²) in [5, 5.41) is 0. The summed E-state index contributed by atoms with van der Waals surface area (Å²) in [5.74, 6) is 0.0468. The molecule has 2 aromatic carbocycles. The Kier molecular flexibility index (Phi) is 1.97. The first-order valence-electron chi connectivity index (χ1n) is 5.64. The van der Waals surface area contributed by atoms with Crippen LogP contribution in [0.15, 0.2) is 36.4 Å². The van der Waals surface area contributed by atoms with Gasteiger partial charge in [-0.3, -0.25) is 0 Å². The van der Waals surface area contributed by atoms with E-state index in [4.69, 9.17) is 7.85 Å². The fraction of sp³-hybridized carbons (Fsp3) is 0.200. The molecule has 0 aliphatic heterocycles. The smallest absolute Gasteiger partial charge is 0.0617 e. The molecule has 0 N–H and O–H groups in total. The van der Waals surface area contributed by atoms with Crippen LogP contribution < -0.4 is 0 Å². The van der Waals surface area contributed by atoms with Gasteiger partial charge in [0, 0.05) is 0 Å². The molecule has 0 nitrogen and oxygen atoms in total. The molecule has 0 heterocycles. The SMILES string of the molecule is [B]C1c2ccc(C)cc2-c2c(C)cccc21. The Morgan fingerprint density at radius 1 is 1.00 bits per heavy atom. The van der Waals surface area contributed by atoms with E-state index in [2.05, 4.69) is 50.2 Å². The zero-order chi connectivity index (χ0) is 11.3. The van der Waals surface area contributed by atoms with Crippen molar-refractivity contribution in [3.8, 4) is 11.1 Å². The van der Waals surface area contributed by atoms with Gasteiger partial charge in [0.05, 0.1) is 7.85 Å². The van der Waals surface area contributed by atoms with Crippen LogP contribution >= 0.6 is 0 Å². The minimum absolute atomic E-state index is 0.0468. The molecule has 0 fully saturated rings. The molecule has 1 heteroatoms. The molecule has 76 valence electrons. The topological polar surface area (TPSA) is 0 Å². The van der Waals surface area contributed by atoms with Crippen molar-refractivity contribution in [2.24, 2.45) is 0 Å². The number of aryl methyl sites for hydroxylation is 2. The summed E-state index contributed by atoms with van der Waals surface area (Å²) < 4.78 is 0. The number of benzene rings is 2. The Morgan fingerprint density at radius 3 is 2.62 bits per heavy atom. The average molecular weight is 204 g/mol. The summed E-state index contributed by atoms with van der Waals surface area (Å²) in [5.41, 5.74) is 7.80. The molecule has 1 unspecified atom stereocenters. The van der Waals surface area contributed by atoms with Gasteiger partial charge in [-0.15, -0.1) is 0 Å². The summed E-state index contributed by atoms with van der Waals surface area (Å²) >= 11 is 0. The molecule has 1 atom stereocenters. The van der Waals surface area contributed by atoms with Crippen LogP contribution in [0.4, 0.5) is 0 Å². The fourth-order valence-electron chi connectivity index (χ4n) is 2.64. The highest BCUT2D eigenvalue weighted by atomic mass is 14.3. The molecule has 1 aliphatic rings. The van der Waals surface area contributed by atoms with E-state index >= 15 is 0 Å². The molecule has 0 saturated heterocycles. The lowest BCUT2D eigenvalue weighted by Gasteiger charge is -2.06. The summed E-state index contributed by atoms with van der Waals surface area (Å²) in [4.78, 5) is 0. The molecule has 3 rings (SSSR count). The quantitative estimate of drug-likeness (QED) is 0.575. The van der Waals surface area contributed by atoms with Gasteiger partial charge in [-0.2, -0.15) is 0 Å². The normalized spacial score (nSPS) is 17.0. The highest BCUT2D eigenvalue weighted by Gasteiger charge is 2.25. The van der Waals surface area contributed by atoms with Gasteiger partial charge in [0.15, 0.2) is 0 Å². The van der Waals surface area contributed by atoms with E-state index in [9.17, 15) is 0 Å². The number of fused-ring (bicyclic) bond motifs is 3. The third-order valence-electron chi connectivity index (χ3n) is 3.45. The predicted molar refractivity (Wildman–Crippen MR) is 68.9 cm³/mol. The zero-order valence-electron chi connectivity index (χ0n) is 9.62. The largest absolute Gasteiger partial charge is 0.0828 e. The third kappa shape index (κ3) is 1.18. The molecule has 0 amide bonds. The molecule has 0 aromatic heterocycles. The van der Waals surface area contributed by atoms with Crippen LogP contribution in [0, 0.1) is 13.8 Å². The van der Waals surface area contributed by atoms with Crippen LogP contribution in [-0.4, -0.2) is 7.85 Å². The van der Waals surface area contributed by atoms with E-state index < -0.39 is 0 Å². The molecule has 0 saturated carbocycles. The van der Waals surface area contributed by atoms with Gasteiger partial charge in [-0.05, 0) is 47.5 Å². The van der Waals surface area contributed by atoms with E-state index in [0.717, 1.165) is 0 Å². The fourth-order valence-corrected chi connectivity index (χ4v) is 2.64. The Balaban J connectivity index is 2.38. The Labute approximate surface area is 97.7 Å². The maximum Gasteiger partial charge on any atom is 0.0828 e. The number of rotatable bonds is 0. The lowest BCUT2D eigenvalue weighted by Crippen LogP contribution is -1.94. The van der Waals surface area contributed by atoms with Crippen LogP contribution in [0.2, 0.25) is 0 Å². The second kappa shape index (κ2) is 3.25. The van der Waals surface area contributed by atoms with Gasteiger partial charge < -0.3 is 0 Å². The molecular formula is C15H13B. The Hall–Kier alpha value is -1.50. The van der Waals surface area contributed by atoms with E-state index in [1.54, 1.807) is 0 Å². The van der Waals surface area contributed by atoms with Crippen LogP contribution in [0.1, 0.15) is 28.1 Å². The van der Waals surface area contributed by atoms with Crippen LogP contribution in [0.25, 0.3) is 11.1 Å². The van der Waals surface area contributed by atoms with Crippen molar-refractivity contribution in [3.05, 3.63) is 58.7 Å². The maximum absolute atomic E-state index is 6.28. The summed E-state index contributed by atoms with van der Waals surface area (Å²) in [6, 6.07) is 12.9. The van der Waals surface area contributed by atoms with Gasteiger partial charge in [0.1, 0.15) is 0 Å². The van der Waals surface area contributed by atoms with Crippen LogP contribution in [-0.2, 0) is 0 Å². The molecule has 16 heavy (non-hydrogen) atoms. The first-order chi connectivity index (χ1) is 7.68. The van der Waals surface area contributed by atoms with E-state index in [1.165, 1.54) is 33.4 Å². The first-order valence-corrected chi connectivity index (χ1v) is 5.64. The predicted octanol–water partition coefficient (Wildman–Crippen LogP) is 3.54. The van der Waals surface area contributed by atoms with Gasteiger partial charge >= 0.3 is 0 Å². The monoisotopic (exact) mass is 204 g/mol. The minimum Gasteiger partial charge on any atom is -0.0617 e. The minimum atomic E-state index is 0.0468. The van der Waals surface area contributed by atoms with Gasteiger partial charge in [-0.25, -0.2) is 0 Å². The van der Waals surface area contributed by atoms with Crippen molar-refractivity contribution >= 4 is 7.85 Å². The van der Waals surface area contributed by atoms with E-state index in [-0.39, 0.29) is 5.82 Å². The second-order valence-electron chi connectivity index (χ2n) is 4.61. The lowest BCUT2D eigenvalue weighted by atomic mass is 9.79. The Morgan fingerprint density at radius 2 is 1.81 bits per heavy atom. The molecule has 0 spiro atoms. The van der Waals surface area contributed by atoms with Gasteiger partial charge in [-0.1, -0.05) is 42.0 Å². The van der Waals surface area contributed by atoms with Crippen molar-refractivity contribution in [1.29, 1.82) is 0 Å². The molecule has 2 radical (unpaired) electrons. The second-order valence-corrected chi connectivity index (χ2v) is 4.61. The maximum atomic E-state index is 6.28. The van der Waals surface area contributed by atoms with E-state index in [0.29, 0.717) is 0 Å². The van der Waals surface area contributed by atoms with Crippen molar-refractivity contribution in [2.75, 3.05) is 0 Å². The van der Waals surface area contributed by atoms with Crippen LogP contribution in [0.5, 0.6) is 0 Å². The Bertz CT molecular complexity index is 570. The molecule has 1 aliphatic carbocycles. The lowest BCUT2D eigenvalue weighted by molar-refractivity contribution is 1.19. The van der Waals surface area contributed by atoms with Gasteiger partial charge in [0.2, 0.25) is 0 Å². The van der Waals surface area contributed by atoms with Crippen LogP contribution in [0.3, 0.4) is 0 Å². The molecular weight excluding hydrogens is 191 g/mol. The van der Waals surface area contributed by atoms with Crippen molar-refractivity contribution in [3.63, 3.8) is 0 Å². The first kappa shape index (κ1) is 9.71. The third-order valence-corrected chi connectivity index (χ3v) is 3.45. The highest BCUT2D eigenvalue weighted by Crippen LogP contribution is 2.44.